The van der Waals surface area contributed by atoms with E-state index in [1.54, 1.807) is 6.07 Å². The van der Waals surface area contributed by atoms with Crippen molar-refractivity contribution in [3.05, 3.63) is 62.1 Å². The van der Waals surface area contributed by atoms with E-state index in [2.05, 4.69) is 15.9 Å². The summed E-state index contributed by atoms with van der Waals surface area (Å²) in [5.41, 5.74) is -0.0699. The molecule has 6 heteroatoms. The van der Waals surface area contributed by atoms with E-state index in [9.17, 15) is 10.1 Å². The molecule has 2 aromatic rings. The Morgan fingerprint density at radius 1 is 1.17 bits per heavy atom. The Labute approximate surface area is 116 Å². The average molecular weight is 329 g/mol. The molecule has 0 aliphatic rings. The molecule has 0 unspecified atom stereocenters. The van der Waals surface area contributed by atoms with Crippen molar-refractivity contribution in [2.75, 3.05) is 0 Å². The van der Waals surface area contributed by atoms with E-state index >= 15 is 0 Å². The van der Waals surface area contributed by atoms with Crippen molar-refractivity contribution >= 4 is 33.2 Å². The molecule has 0 spiro atoms. The number of nitrogens with zero attached hydrogens (tertiary/aromatic N) is 1. The highest BCUT2D eigenvalue weighted by atomic mass is 79.9. The summed E-state index contributed by atoms with van der Waals surface area (Å²) in [5, 5.41) is 10.8. The Kier molecular flexibility index (Phi) is 3.84. The van der Waals surface area contributed by atoms with Gasteiger partial charge in [0.05, 0.1) is 14.4 Å². The van der Waals surface area contributed by atoms with Crippen molar-refractivity contribution in [2.45, 2.75) is 0 Å². The largest absolute Gasteiger partial charge is 0.455 e. The van der Waals surface area contributed by atoms with Gasteiger partial charge >= 0.3 is 0 Å². The van der Waals surface area contributed by atoms with Gasteiger partial charge in [0.15, 0.2) is 0 Å². The van der Waals surface area contributed by atoms with E-state index in [4.69, 9.17) is 16.3 Å². The number of nitro benzene ring substituents is 1. The lowest BCUT2D eigenvalue weighted by Crippen LogP contribution is -1.90. The number of ether oxygens (including phenoxy) is 1. The fraction of sp³-hybridized carbons (Fsp3) is 0. The number of non-ortho nitro benzene ring substituents is 1. The smallest absolute Gasteiger partial charge is 0.271 e. The molecule has 0 amide bonds. The van der Waals surface area contributed by atoms with Gasteiger partial charge in [0.2, 0.25) is 0 Å². The minimum absolute atomic E-state index is 0.0699. The maximum absolute atomic E-state index is 10.6. The second-order valence-electron chi connectivity index (χ2n) is 3.40. The van der Waals surface area contributed by atoms with E-state index in [0.717, 1.165) is 4.47 Å². The van der Waals surface area contributed by atoms with Gasteiger partial charge in [0.1, 0.15) is 11.5 Å². The van der Waals surface area contributed by atoms with Crippen LogP contribution in [0, 0.1) is 10.1 Å². The number of rotatable bonds is 3. The summed E-state index contributed by atoms with van der Waals surface area (Å²) in [5.74, 6) is 0.961. The highest BCUT2D eigenvalue weighted by molar-refractivity contribution is 9.10. The fourth-order valence-corrected chi connectivity index (χ4v) is 1.91. The molecule has 0 aromatic heterocycles. The van der Waals surface area contributed by atoms with E-state index in [1.807, 2.05) is 18.2 Å². The number of nitro groups is 1. The zero-order valence-electron chi connectivity index (χ0n) is 8.97. The zero-order chi connectivity index (χ0) is 13.1. The predicted molar refractivity (Wildman–Crippen MR) is 72.3 cm³/mol. The lowest BCUT2D eigenvalue weighted by molar-refractivity contribution is -0.384. The number of benzene rings is 2. The molecule has 0 aliphatic carbocycles. The first-order chi connectivity index (χ1) is 8.58. The van der Waals surface area contributed by atoms with Crippen LogP contribution in [-0.2, 0) is 0 Å². The third kappa shape index (κ3) is 2.80. The molecule has 2 aromatic carbocycles. The van der Waals surface area contributed by atoms with E-state index in [0.29, 0.717) is 11.5 Å². The minimum atomic E-state index is -0.506. The first-order valence-corrected chi connectivity index (χ1v) is 6.11. The van der Waals surface area contributed by atoms with E-state index < -0.39 is 4.92 Å². The van der Waals surface area contributed by atoms with Gasteiger partial charge < -0.3 is 4.74 Å². The van der Waals surface area contributed by atoms with Gasteiger partial charge in [-0.05, 0) is 34.1 Å². The minimum Gasteiger partial charge on any atom is -0.455 e. The number of para-hydroxylation sites is 1. The molecule has 92 valence electrons. The lowest BCUT2D eigenvalue weighted by Gasteiger charge is -2.08. The Morgan fingerprint density at radius 3 is 2.50 bits per heavy atom. The summed E-state index contributed by atoms with van der Waals surface area (Å²) in [6.07, 6.45) is 0. The molecule has 0 heterocycles. The standard InChI is InChI=1S/C12H7BrClNO3/c13-9-3-1-2-4-11(9)18-12-6-5-8(15(16)17)7-10(12)14/h1-7H. The normalized spacial score (nSPS) is 10.1. The Morgan fingerprint density at radius 2 is 1.89 bits per heavy atom. The van der Waals surface area contributed by atoms with Crippen LogP contribution in [0.15, 0.2) is 46.9 Å². The molecule has 0 aliphatic heterocycles. The average Bonchev–Trinajstić information content (AvgIpc) is 2.34. The van der Waals surface area contributed by atoms with Crippen LogP contribution >= 0.6 is 27.5 Å². The summed E-state index contributed by atoms with van der Waals surface area (Å²) >= 11 is 9.27. The molecule has 0 atom stereocenters. The Hall–Kier alpha value is -1.59. The van der Waals surface area contributed by atoms with Crippen molar-refractivity contribution in [2.24, 2.45) is 0 Å². The van der Waals surface area contributed by atoms with Gasteiger partial charge in [-0.15, -0.1) is 0 Å². The van der Waals surface area contributed by atoms with Gasteiger partial charge in [0.25, 0.3) is 5.69 Å². The van der Waals surface area contributed by atoms with Crippen LogP contribution in [0.4, 0.5) is 5.69 Å². The molecule has 0 fully saturated rings. The molecular weight excluding hydrogens is 321 g/mol. The van der Waals surface area contributed by atoms with E-state index in [1.165, 1.54) is 18.2 Å². The highest BCUT2D eigenvalue weighted by Gasteiger charge is 2.11. The van der Waals surface area contributed by atoms with Gasteiger partial charge in [0, 0.05) is 12.1 Å². The monoisotopic (exact) mass is 327 g/mol. The van der Waals surface area contributed by atoms with Crippen LogP contribution in [0.3, 0.4) is 0 Å². The summed E-state index contributed by atoms with van der Waals surface area (Å²) in [6, 6.07) is 11.3. The molecule has 18 heavy (non-hydrogen) atoms. The summed E-state index contributed by atoms with van der Waals surface area (Å²) in [4.78, 5) is 10.1. The van der Waals surface area contributed by atoms with Crippen LogP contribution in [-0.4, -0.2) is 4.92 Å². The van der Waals surface area contributed by atoms with Gasteiger partial charge in [-0.25, -0.2) is 0 Å². The highest BCUT2D eigenvalue weighted by Crippen LogP contribution is 2.35. The van der Waals surface area contributed by atoms with Gasteiger partial charge in [-0.1, -0.05) is 23.7 Å². The van der Waals surface area contributed by atoms with Crippen molar-refractivity contribution in [3.63, 3.8) is 0 Å². The first kappa shape index (κ1) is 12.9. The van der Waals surface area contributed by atoms with Crippen molar-refractivity contribution in [1.82, 2.24) is 0 Å². The SMILES string of the molecule is O=[N+]([O-])c1ccc(Oc2ccccc2Br)c(Cl)c1. The Balaban J connectivity index is 2.30. The van der Waals surface area contributed by atoms with Crippen LogP contribution in [0.5, 0.6) is 11.5 Å². The number of hydrogen-bond donors (Lipinski definition) is 0. The quantitative estimate of drug-likeness (QED) is 0.600. The van der Waals surface area contributed by atoms with Crippen LogP contribution < -0.4 is 4.74 Å². The maximum Gasteiger partial charge on any atom is 0.271 e. The zero-order valence-corrected chi connectivity index (χ0v) is 11.3. The van der Waals surface area contributed by atoms with Crippen molar-refractivity contribution in [1.29, 1.82) is 0 Å². The number of halogens is 2. The maximum atomic E-state index is 10.6. The third-order valence-electron chi connectivity index (χ3n) is 2.18. The van der Waals surface area contributed by atoms with Crippen LogP contribution in [0.1, 0.15) is 0 Å². The molecule has 0 saturated heterocycles. The molecule has 4 nitrogen and oxygen atoms in total. The number of hydrogen-bond acceptors (Lipinski definition) is 3. The summed E-state index contributed by atoms with van der Waals surface area (Å²) in [7, 11) is 0. The topological polar surface area (TPSA) is 52.4 Å². The molecule has 0 radical (unpaired) electrons. The molecule has 0 N–H and O–H groups in total. The molecular formula is C12H7BrClNO3. The molecule has 2 rings (SSSR count). The third-order valence-corrected chi connectivity index (χ3v) is 3.13. The van der Waals surface area contributed by atoms with Crippen LogP contribution in [0.2, 0.25) is 5.02 Å². The fourth-order valence-electron chi connectivity index (χ4n) is 1.33. The van der Waals surface area contributed by atoms with Crippen molar-refractivity contribution in [3.8, 4) is 11.5 Å². The summed E-state index contributed by atoms with van der Waals surface area (Å²) in [6.45, 7) is 0. The second-order valence-corrected chi connectivity index (χ2v) is 4.67. The van der Waals surface area contributed by atoms with Gasteiger partial charge in [-0.2, -0.15) is 0 Å². The van der Waals surface area contributed by atoms with Crippen LogP contribution in [0.25, 0.3) is 0 Å². The van der Waals surface area contributed by atoms with Crippen molar-refractivity contribution < 1.29 is 9.66 Å². The summed E-state index contributed by atoms with van der Waals surface area (Å²) < 4.78 is 6.35. The lowest BCUT2D eigenvalue weighted by atomic mass is 10.3. The molecule has 0 bridgehead atoms. The first-order valence-electron chi connectivity index (χ1n) is 4.94. The predicted octanol–water partition coefficient (Wildman–Crippen LogP) is 4.80. The van der Waals surface area contributed by atoms with E-state index in [-0.39, 0.29) is 10.7 Å². The second kappa shape index (κ2) is 5.37. The Bertz CT molecular complexity index is 604. The molecule has 0 saturated carbocycles. The van der Waals surface area contributed by atoms with Gasteiger partial charge in [-0.3, -0.25) is 10.1 Å².